The van der Waals surface area contributed by atoms with Gasteiger partial charge in [0.05, 0.1) is 18.5 Å². The van der Waals surface area contributed by atoms with Crippen LogP contribution < -0.4 is 9.04 Å². The van der Waals surface area contributed by atoms with Crippen LogP contribution in [-0.4, -0.2) is 38.4 Å². The minimum Gasteiger partial charge on any atom is -0.486 e. The number of sulfonamides is 1. The highest BCUT2D eigenvalue weighted by Crippen LogP contribution is 2.35. The van der Waals surface area contributed by atoms with Crippen LogP contribution in [0.5, 0.6) is 5.75 Å². The van der Waals surface area contributed by atoms with Gasteiger partial charge in [0, 0.05) is 6.42 Å². The molecule has 0 aromatic heterocycles. The van der Waals surface area contributed by atoms with Crippen molar-refractivity contribution in [2.24, 2.45) is 0 Å². The number of aliphatic carboxylic acids is 1. The predicted molar refractivity (Wildman–Crippen MR) is 69.9 cm³/mol. The molecular formula is C12H15NO5S. The quantitative estimate of drug-likeness (QED) is 0.895. The highest BCUT2D eigenvalue weighted by atomic mass is 32.2. The number of carboxylic acids is 1. The van der Waals surface area contributed by atoms with E-state index in [4.69, 9.17) is 9.84 Å². The van der Waals surface area contributed by atoms with E-state index in [-0.39, 0.29) is 19.4 Å². The molecule has 1 aliphatic heterocycles. The molecule has 0 amide bonds. The first-order valence-electron chi connectivity index (χ1n) is 5.83. The van der Waals surface area contributed by atoms with Gasteiger partial charge in [-0.05, 0) is 18.6 Å². The zero-order valence-corrected chi connectivity index (χ0v) is 11.3. The maximum atomic E-state index is 11.8. The molecule has 0 bridgehead atoms. The number of carbonyl (C=O) groups is 1. The van der Waals surface area contributed by atoms with Crippen molar-refractivity contribution in [3.05, 3.63) is 24.3 Å². The molecule has 0 unspecified atom stereocenters. The van der Waals surface area contributed by atoms with E-state index in [9.17, 15) is 13.2 Å². The fourth-order valence-corrected chi connectivity index (χ4v) is 2.96. The summed E-state index contributed by atoms with van der Waals surface area (Å²) in [6.45, 7) is 0.142. The largest absolute Gasteiger partial charge is 0.486 e. The van der Waals surface area contributed by atoms with Gasteiger partial charge in [-0.25, -0.2) is 8.42 Å². The Bertz CT molecular complexity index is 584. The maximum Gasteiger partial charge on any atom is 0.303 e. The third-order valence-electron chi connectivity index (χ3n) is 2.88. The second kappa shape index (κ2) is 5.08. The molecule has 0 radical (unpaired) electrons. The molecule has 19 heavy (non-hydrogen) atoms. The summed E-state index contributed by atoms with van der Waals surface area (Å²) in [6.07, 6.45) is 0.907. The summed E-state index contributed by atoms with van der Waals surface area (Å²) >= 11 is 0. The predicted octanol–water partition coefficient (Wildman–Crippen LogP) is 1.08. The van der Waals surface area contributed by atoms with Crippen LogP contribution >= 0.6 is 0 Å². The van der Waals surface area contributed by atoms with Crippen LogP contribution in [0.2, 0.25) is 0 Å². The Kier molecular flexibility index (Phi) is 3.66. The van der Waals surface area contributed by atoms with Gasteiger partial charge in [-0.2, -0.15) is 0 Å². The molecule has 0 saturated heterocycles. The fourth-order valence-electron chi connectivity index (χ4n) is 2.01. The number of carboxylic acid groups (broad SMARTS) is 1. The third-order valence-corrected chi connectivity index (χ3v) is 4.02. The average Bonchev–Trinajstić information content (AvgIpc) is 2.34. The van der Waals surface area contributed by atoms with Crippen molar-refractivity contribution in [3.63, 3.8) is 0 Å². The van der Waals surface area contributed by atoms with Crippen molar-refractivity contribution in [2.45, 2.75) is 18.9 Å². The molecule has 1 atom stereocenters. The minimum absolute atomic E-state index is 0.0512. The van der Waals surface area contributed by atoms with Crippen molar-refractivity contribution in [1.82, 2.24) is 0 Å². The molecule has 1 aliphatic rings. The molecule has 1 N–H and O–H groups in total. The number of hydrogen-bond donors (Lipinski definition) is 1. The Labute approximate surface area is 111 Å². The normalized spacial score (nSPS) is 18.6. The maximum absolute atomic E-state index is 11.8. The van der Waals surface area contributed by atoms with Gasteiger partial charge in [0.15, 0.2) is 0 Å². The van der Waals surface area contributed by atoms with E-state index in [0.717, 1.165) is 6.26 Å². The summed E-state index contributed by atoms with van der Waals surface area (Å²) in [5.74, 6) is -0.456. The molecule has 7 heteroatoms. The molecule has 1 aromatic carbocycles. The Morgan fingerprint density at radius 3 is 2.79 bits per heavy atom. The fraction of sp³-hybridized carbons (Fsp3) is 0.417. The second-order valence-corrected chi connectivity index (χ2v) is 6.34. The first kappa shape index (κ1) is 13.7. The van der Waals surface area contributed by atoms with E-state index in [2.05, 4.69) is 0 Å². The number of benzene rings is 1. The molecule has 2 rings (SSSR count). The highest BCUT2D eigenvalue weighted by Gasteiger charge is 2.30. The van der Waals surface area contributed by atoms with E-state index in [1.807, 2.05) is 0 Å². The number of hydrogen-bond acceptors (Lipinski definition) is 4. The van der Waals surface area contributed by atoms with Crippen LogP contribution in [0, 0.1) is 0 Å². The lowest BCUT2D eigenvalue weighted by Gasteiger charge is -2.34. The molecule has 1 aromatic rings. The van der Waals surface area contributed by atoms with Crippen LogP contribution in [0.15, 0.2) is 24.3 Å². The lowest BCUT2D eigenvalue weighted by Crippen LogP contribution is -2.43. The first-order valence-corrected chi connectivity index (χ1v) is 7.68. The van der Waals surface area contributed by atoms with Crippen LogP contribution in [0.4, 0.5) is 5.69 Å². The lowest BCUT2D eigenvalue weighted by atomic mass is 10.1. The van der Waals surface area contributed by atoms with Gasteiger partial charge in [-0.15, -0.1) is 0 Å². The Balaban J connectivity index is 2.27. The molecule has 0 aliphatic carbocycles. The SMILES string of the molecule is CS(=O)(=O)N1C[C@H](CCC(=O)O)Oc2ccccc21. The van der Waals surface area contributed by atoms with Crippen molar-refractivity contribution in [3.8, 4) is 5.75 Å². The zero-order valence-electron chi connectivity index (χ0n) is 10.4. The van der Waals surface area contributed by atoms with Crippen LogP contribution in [0.25, 0.3) is 0 Å². The minimum atomic E-state index is -3.40. The summed E-state index contributed by atoms with van der Waals surface area (Å²) in [5, 5.41) is 8.68. The molecule has 0 saturated carbocycles. The smallest absolute Gasteiger partial charge is 0.303 e. The van der Waals surface area contributed by atoms with Gasteiger partial charge in [0.2, 0.25) is 10.0 Å². The monoisotopic (exact) mass is 285 g/mol. The van der Waals surface area contributed by atoms with E-state index in [0.29, 0.717) is 11.4 Å². The van der Waals surface area contributed by atoms with E-state index >= 15 is 0 Å². The third kappa shape index (κ3) is 3.17. The van der Waals surface area contributed by atoms with Gasteiger partial charge in [0.25, 0.3) is 0 Å². The molecule has 0 spiro atoms. The van der Waals surface area contributed by atoms with Crippen molar-refractivity contribution in [1.29, 1.82) is 0 Å². The number of ether oxygens (including phenoxy) is 1. The molecular weight excluding hydrogens is 270 g/mol. The highest BCUT2D eigenvalue weighted by molar-refractivity contribution is 7.92. The van der Waals surface area contributed by atoms with E-state index in [1.165, 1.54) is 4.31 Å². The van der Waals surface area contributed by atoms with E-state index in [1.54, 1.807) is 24.3 Å². The van der Waals surface area contributed by atoms with Crippen molar-refractivity contribution in [2.75, 3.05) is 17.1 Å². The molecule has 6 nitrogen and oxygen atoms in total. The van der Waals surface area contributed by atoms with Crippen LogP contribution in [0.3, 0.4) is 0 Å². The van der Waals surface area contributed by atoms with Gasteiger partial charge < -0.3 is 9.84 Å². The van der Waals surface area contributed by atoms with E-state index < -0.39 is 22.1 Å². The van der Waals surface area contributed by atoms with Crippen LogP contribution in [0.1, 0.15) is 12.8 Å². The van der Waals surface area contributed by atoms with Gasteiger partial charge in [-0.1, -0.05) is 12.1 Å². The van der Waals surface area contributed by atoms with Gasteiger partial charge in [0.1, 0.15) is 11.9 Å². The van der Waals surface area contributed by atoms with Gasteiger partial charge >= 0.3 is 5.97 Å². The Morgan fingerprint density at radius 2 is 2.16 bits per heavy atom. The first-order chi connectivity index (χ1) is 8.88. The summed E-state index contributed by atoms with van der Waals surface area (Å²) in [6, 6.07) is 6.83. The topological polar surface area (TPSA) is 83.9 Å². The standard InChI is InChI=1S/C12H15NO5S/c1-19(16,17)13-8-9(6-7-12(14)15)18-11-5-3-2-4-10(11)13/h2-5,9H,6-8H2,1H3,(H,14,15)/t9-/m0/s1. The zero-order chi connectivity index (χ0) is 14.0. The summed E-state index contributed by atoms with van der Waals surface area (Å²) in [4.78, 5) is 10.6. The van der Waals surface area contributed by atoms with Crippen molar-refractivity contribution < 1.29 is 23.1 Å². The number of fused-ring (bicyclic) bond motifs is 1. The lowest BCUT2D eigenvalue weighted by molar-refractivity contribution is -0.137. The molecule has 0 fully saturated rings. The average molecular weight is 285 g/mol. The number of rotatable bonds is 4. The second-order valence-electron chi connectivity index (χ2n) is 4.43. The Morgan fingerprint density at radius 1 is 1.47 bits per heavy atom. The van der Waals surface area contributed by atoms with Gasteiger partial charge in [-0.3, -0.25) is 9.10 Å². The summed E-state index contributed by atoms with van der Waals surface area (Å²) in [5.41, 5.74) is 0.497. The van der Waals surface area contributed by atoms with Crippen molar-refractivity contribution >= 4 is 21.7 Å². The summed E-state index contributed by atoms with van der Waals surface area (Å²) in [7, 11) is -3.40. The van der Waals surface area contributed by atoms with Crippen LogP contribution in [-0.2, 0) is 14.8 Å². The Hall–Kier alpha value is -1.76. The number of nitrogens with zero attached hydrogens (tertiary/aromatic N) is 1. The molecule has 1 heterocycles. The summed E-state index contributed by atoms with van der Waals surface area (Å²) < 4.78 is 30.5. The number of anilines is 1. The number of para-hydroxylation sites is 2. The molecule has 104 valence electrons.